The number of ether oxygens (including phenoxy) is 1. The van der Waals surface area contributed by atoms with Gasteiger partial charge < -0.3 is 19.4 Å². The zero-order valence-electron chi connectivity index (χ0n) is 48.8. The van der Waals surface area contributed by atoms with Crippen molar-refractivity contribution in [1.82, 2.24) is 5.32 Å². The molecule has 3 atom stereocenters. The number of likely N-dealkylation sites (N-methyl/N-ethyl adjacent to an activating group) is 1. The second-order valence-electron chi connectivity index (χ2n) is 21.5. The van der Waals surface area contributed by atoms with Crippen LogP contribution in [0.1, 0.15) is 258 Å². The Morgan fingerprint density at radius 2 is 0.838 bits per heavy atom. The number of allylic oxidation sites excluding steroid dienone is 13. The number of phosphoric ester groups is 1. The fourth-order valence-electron chi connectivity index (χ4n) is 8.33. The highest BCUT2D eigenvalue weighted by Gasteiger charge is 2.30. The second kappa shape index (κ2) is 53.6. The van der Waals surface area contributed by atoms with E-state index in [0.29, 0.717) is 23.9 Å². The molecule has 1 amide bonds. The lowest BCUT2D eigenvalue weighted by Gasteiger charge is -2.27. The van der Waals surface area contributed by atoms with Gasteiger partial charge in [-0.25, -0.2) is 4.57 Å². The first-order valence-corrected chi connectivity index (χ1v) is 31.9. The molecule has 0 saturated carbocycles. The molecule has 0 bridgehead atoms. The lowest BCUT2D eigenvalue weighted by Crippen LogP contribution is -2.47. The number of carbonyl (C=O) groups excluding carboxylic acids is 2. The highest BCUT2D eigenvalue weighted by Crippen LogP contribution is 2.43. The molecule has 0 aromatic carbocycles. The third-order valence-electron chi connectivity index (χ3n) is 13.1. The summed E-state index contributed by atoms with van der Waals surface area (Å²) in [4.78, 5) is 37.6. The van der Waals surface area contributed by atoms with Gasteiger partial charge in [-0.2, -0.15) is 0 Å². The van der Waals surface area contributed by atoms with Crippen LogP contribution in [0.2, 0.25) is 0 Å². The van der Waals surface area contributed by atoms with E-state index in [1.54, 1.807) is 0 Å². The van der Waals surface area contributed by atoms with Crippen molar-refractivity contribution in [3.63, 3.8) is 0 Å². The van der Waals surface area contributed by atoms with Crippen LogP contribution in [0.5, 0.6) is 0 Å². The Balaban J connectivity index is 5.29. The van der Waals surface area contributed by atoms with Crippen LogP contribution in [0.15, 0.2) is 85.1 Å². The van der Waals surface area contributed by atoms with Crippen molar-refractivity contribution < 1.29 is 37.3 Å². The minimum absolute atomic E-state index is 0.0271. The van der Waals surface area contributed by atoms with E-state index in [-0.39, 0.29) is 25.5 Å². The van der Waals surface area contributed by atoms with E-state index in [1.165, 1.54) is 135 Å². The fourth-order valence-corrected chi connectivity index (χ4v) is 9.06. The van der Waals surface area contributed by atoms with Crippen molar-refractivity contribution >= 4 is 19.7 Å². The van der Waals surface area contributed by atoms with Crippen LogP contribution in [-0.2, 0) is 27.9 Å². The number of hydrogen-bond donors (Lipinski definition) is 2. The number of amides is 1. The molecule has 3 unspecified atom stereocenters. The number of rotatable bonds is 54. The number of quaternary nitrogens is 1. The number of esters is 1. The number of carbonyl (C=O) groups is 2. The van der Waals surface area contributed by atoms with E-state index < -0.39 is 25.9 Å². The Labute approximate surface area is 456 Å². The maximum atomic E-state index is 13.5. The summed E-state index contributed by atoms with van der Waals surface area (Å²) in [6, 6.07) is -0.880. The molecule has 0 spiro atoms. The van der Waals surface area contributed by atoms with Crippen LogP contribution in [-0.4, -0.2) is 74.3 Å². The predicted molar refractivity (Wildman–Crippen MR) is 318 cm³/mol. The van der Waals surface area contributed by atoms with Gasteiger partial charge in [-0.05, 0) is 96.0 Å². The summed E-state index contributed by atoms with van der Waals surface area (Å²) in [5, 5.41) is 3.03. The first-order valence-electron chi connectivity index (χ1n) is 30.4. The van der Waals surface area contributed by atoms with Crippen molar-refractivity contribution in [1.29, 1.82) is 0 Å². The summed E-state index contributed by atoms with van der Waals surface area (Å²) in [6.07, 6.45) is 70.2. The number of nitrogens with zero attached hydrogens (tertiary/aromatic N) is 1. The molecule has 0 aliphatic rings. The number of phosphoric acid groups is 1. The molecule has 0 aromatic rings. The number of hydrogen-bond acceptors (Lipinski definition) is 6. The summed E-state index contributed by atoms with van der Waals surface area (Å²) in [6.45, 7) is 6.92. The predicted octanol–water partition coefficient (Wildman–Crippen LogP) is 18.6. The third-order valence-corrected chi connectivity index (χ3v) is 14.1. The van der Waals surface area contributed by atoms with Crippen molar-refractivity contribution in [2.45, 2.75) is 270 Å². The van der Waals surface area contributed by atoms with Crippen LogP contribution in [0.25, 0.3) is 0 Å². The van der Waals surface area contributed by atoms with Crippen molar-refractivity contribution in [3.8, 4) is 0 Å². The highest BCUT2D eigenvalue weighted by atomic mass is 31.2. The maximum absolute atomic E-state index is 13.5. The van der Waals surface area contributed by atoms with Gasteiger partial charge in [-0.1, -0.05) is 235 Å². The summed E-state index contributed by atoms with van der Waals surface area (Å²) in [7, 11) is 1.45. The Kier molecular flexibility index (Phi) is 51.5. The second-order valence-corrected chi connectivity index (χ2v) is 23.0. The molecule has 428 valence electrons. The first-order chi connectivity index (χ1) is 35.9. The molecule has 2 N–H and O–H groups in total. The van der Waals surface area contributed by atoms with E-state index in [1.807, 2.05) is 39.4 Å². The SMILES string of the molecule is CCCCC/C=C\C/C=C\C/C=C\C/C=C\CCCCCCCCCC(=O)NC(COP(=O)(O)OCC[N+](C)(C)C)C(/C=C\CCCCCCCCCCCC)OC(=O)CC/C=C/C/C=C\CCCCCCCC. The first kappa shape index (κ1) is 71.2. The average Bonchev–Trinajstić information content (AvgIpc) is 3.36. The molecule has 0 saturated heterocycles. The zero-order chi connectivity index (χ0) is 54.3. The number of nitrogens with one attached hydrogen (secondary N) is 1. The van der Waals surface area contributed by atoms with Gasteiger partial charge in [0.2, 0.25) is 5.91 Å². The van der Waals surface area contributed by atoms with Crippen molar-refractivity contribution in [2.24, 2.45) is 0 Å². The van der Waals surface area contributed by atoms with Gasteiger partial charge in [0.15, 0.2) is 0 Å². The lowest BCUT2D eigenvalue weighted by molar-refractivity contribution is -0.870. The van der Waals surface area contributed by atoms with Gasteiger partial charge in [0, 0.05) is 12.8 Å². The van der Waals surface area contributed by atoms with E-state index in [2.05, 4.69) is 92.9 Å². The quantitative estimate of drug-likeness (QED) is 0.0205. The molecule has 0 aromatic heterocycles. The van der Waals surface area contributed by atoms with Gasteiger partial charge in [-0.15, -0.1) is 0 Å². The van der Waals surface area contributed by atoms with Crippen molar-refractivity contribution in [2.75, 3.05) is 40.9 Å². The van der Waals surface area contributed by atoms with Crippen LogP contribution < -0.4 is 5.32 Å². The van der Waals surface area contributed by atoms with Gasteiger partial charge in [0.1, 0.15) is 19.3 Å². The van der Waals surface area contributed by atoms with Crippen LogP contribution >= 0.6 is 7.82 Å². The van der Waals surface area contributed by atoms with E-state index in [0.717, 1.165) is 83.5 Å². The molecular formula is C64H116N2O7P+. The maximum Gasteiger partial charge on any atom is 0.472 e. The fraction of sp³-hybridized carbons (Fsp3) is 0.750. The molecule has 74 heavy (non-hydrogen) atoms. The summed E-state index contributed by atoms with van der Waals surface area (Å²) < 4.78 is 30.6. The molecule has 9 nitrogen and oxygen atoms in total. The Bertz CT molecular complexity index is 1540. The van der Waals surface area contributed by atoms with Crippen LogP contribution in [0.3, 0.4) is 0 Å². The van der Waals surface area contributed by atoms with Crippen LogP contribution in [0.4, 0.5) is 0 Å². The topological polar surface area (TPSA) is 111 Å². The summed E-state index contributed by atoms with van der Waals surface area (Å²) >= 11 is 0. The van der Waals surface area contributed by atoms with Gasteiger partial charge in [0.05, 0.1) is 33.8 Å². The Morgan fingerprint density at radius 1 is 0.473 bits per heavy atom. The summed E-state index contributed by atoms with van der Waals surface area (Å²) in [5.74, 6) is -0.598. The minimum Gasteiger partial charge on any atom is -0.456 e. The molecule has 0 radical (unpaired) electrons. The largest absolute Gasteiger partial charge is 0.472 e. The molecule has 0 aliphatic carbocycles. The lowest BCUT2D eigenvalue weighted by atomic mass is 10.0. The van der Waals surface area contributed by atoms with E-state index in [4.69, 9.17) is 13.8 Å². The Hall–Kier alpha value is -2.81. The summed E-state index contributed by atoms with van der Waals surface area (Å²) in [5.41, 5.74) is 0. The van der Waals surface area contributed by atoms with Gasteiger partial charge in [0.25, 0.3) is 0 Å². The van der Waals surface area contributed by atoms with Crippen LogP contribution in [0, 0.1) is 0 Å². The molecule has 0 rings (SSSR count). The molecule has 10 heteroatoms. The number of unbranched alkanes of at least 4 members (excludes halogenated alkanes) is 26. The third kappa shape index (κ3) is 54.0. The highest BCUT2D eigenvalue weighted by molar-refractivity contribution is 7.47. The van der Waals surface area contributed by atoms with Gasteiger partial charge in [-0.3, -0.25) is 18.6 Å². The minimum atomic E-state index is -4.46. The molecule has 0 heterocycles. The molecule has 0 aliphatic heterocycles. The average molecular weight is 1060 g/mol. The van der Waals surface area contributed by atoms with Gasteiger partial charge >= 0.3 is 13.8 Å². The normalized spacial score (nSPS) is 14.3. The zero-order valence-corrected chi connectivity index (χ0v) is 49.7. The van der Waals surface area contributed by atoms with Crippen molar-refractivity contribution in [3.05, 3.63) is 85.1 Å². The Morgan fingerprint density at radius 3 is 1.28 bits per heavy atom. The standard InChI is InChI=1S/C64H115N2O7P/c1-7-10-13-16-19-22-25-28-29-30-31-32-33-34-35-36-37-39-41-44-47-50-53-56-63(67)65-61(60-72-74(69,70)71-59-58-66(4,5)6)62(55-52-49-46-43-40-27-24-21-18-15-12-9-3)73-64(68)57-54-51-48-45-42-38-26-23-20-17-14-11-8-2/h19,22,28-29,31-32,34-35,38,42,48,51-52,55,61-62H,7-18,20-21,23-27,30,33,36-37,39-41,43-47,49-50,53-54,56-60H2,1-6H3,(H-,65,67,69,70)/p+1/b22-19-,29-28-,32-31-,35-34-,42-38-,51-48+,55-52-. The van der Waals surface area contributed by atoms with E-state index >= 15 is 0 Å². The van der Waals surface area contributed by atoms with E-state index in [9.17, 15) is 19.0 Å². The molecular weight excluding hydrogens is 940 g/mol. The molecule has 0 fully saturated rings. The smallest absolute Gasteiger partial charge is 0.456 e. The monoisotopic (exact) mass is 1060 g/mol.